The summed E-state index contributed by atoms with van der Waals surface area (Å²) in [7, 11) is 0. The molecule has 0 aliphatic rings. The lowest BCUT2D eigenvalue weighted by atomic mass is 10.2. The van der Waals surface area contributed by atoms with Crippen LogP contribution in [-0.2, 0) is 4.74 Å². The molecule has 2 aromatic rings. The van der Waals surface area contributed by atoms with Crippen LogP contribution in [0.3, 0.4) is 0 Å². The van der Waals surface area contributed by atoms with Gasteiger partial charge in [0, 0.05) is 6.20 Å². The molecule has 1 N–H and O–H groups in total. The maximum Gasteiger partial charge on any atom is 0.412 e. The van der Waals surface area contributed by atoms with Crippen LogP contribution < -0.4 is 5.32 Å². The molecule has 0 atom stereocenters. The average Bonchev–Trinajstić information content (AvgIpc) is 2.84. The van der Waals surface area contributed by atoms with Crippen molar-refractivity contribution >= 4 is 11.8 Å². The van der Waals surface area contributed by atoms with Crippen molar-refractivity contribution in [2.75, 3.05) is 5.32 Å². The number of amides is 1. The number of nitriles is 1. The number of nitrogens with zero attached hydrogens (tertiary/aromatic N) is 4. The number of aromatic nitrogens is 3. The van der Waals surface area contributed by atoms with Gasteiger partial charge in [0.2, 0.25) is 0 Å². The summed E-state index contributed by atoms with van der Waals surface area (Å²) in [5, 5.41) is 15.7. The largest absolute Gasteiger partial charge is 0.444 e. The van der Waals surface area contributed by atoms with E-state index in [1.807, 2.05) is 6.07 Å². The van der Waals surface area contributed by atoms with Gasteiger partial charge >= 0.3 is 6.09 Å². The van der Waals surface area contributed by atoms with E-state index in [1.54, 1.807) is 45.3 Å². The van der Waals surface area contributed by atoms with Gasteiger partial charge in [-0.25, -0.2) is 14.5 Å². The highest BCUT2D eigenvalue weighted by atomic mass is 16.6. The van der Waals surface area contributed by atoms with E-state index in [1.165, 1.54) is 10.9 Å². The van der Waals surface area contributed by atoms with Crippen LogP contribution >= 0.6 is 0 Å². The zero-order chi connectivity index (χ0) is 15.5. The summed E-state index contributed by atoms with van der Waals surface area (Å²) >= 11 is 0. The molecule has 21 heavy (non-hydrogen) atoms. The molecular weight excluding hydrogens is 270 g/mol. The van der Waals surface area contributed by atoms with Gasteiger partial charge in [0.1, 0.15) is 11.7 Å². The van der Waals surface area contributed by atoms with Crippen LogP contribution in [0.5, 0.6) is 0 Å². The van der Waals surface area contributed by atoms with Gasteiger partial charge in [-0.05, 0) is 32.9 Å². The molecule has 0 spiro atoms. The van der Waals surface area contributed by atoms with E-state index in [-0.39, 0.29) is 0 Å². The summed E-state index contributed by atoms with van der Waals surface area (Å²) in [6.45, 7) is 5.34. The summed E-state index contributed by atoms with van der Waals surface area (Å²) in [6, 6.07) is 5.36. The second kappa shape index (κ2) is 5.63. The predicted octanol–water partition coefficient (Wildman–Crippen LogP) is 2.49. The Balaban J connectivity index is 2.16. The molecule has 1 amide bonds. The van der Waals surface area contributed by atoms with Crippen LogP contribution in [-0.4, -0.2) is 26.5 Å². The Bertz CT molecular complexity index is 694. The molecule has 0 saturated carbocycles. The van der Waals surface area contributed by atoms with Gasteiger partial charge in [-0.2, -0.15) is 10.4 Å². The molecule has 2 aromatic heterocycles. The SMILES string of the molecule is CC(C)(C)OC(=O)Nc1cnn(-c2ncccc2C#N)c1. The molecule has 2 rings (SSSR count). The first-order valence-electron chi connectivity index (χ1n) is 6.29. The Morgan fingerprint density at radius 3 is 2.90 bits per heavy atom. The van der Waals surface area contributed by atoms with E-state index >= 15 is 0 Å². The average molecular weight is 285 g/mol. The van der Waals surface area contributed by atoms with Crippen molar-refractivity contribution < 1.29 is 9.53 Å². The molecule has 0 aliphatic carbocycles. The zero-order valence-corrected chi connectivity index (χ0v) is 12.0. The Hall–Kier alpha value is -2.88. The summed E-state index contributed by atoms with van der Waals surface area (Å²) in [5.74, 6) is 0.400. The molecule has 0 unspecified atom stereocenters. The molecule has 0 aromatic carbocycles. The first-order valence-corrected chi connectivity index (χ1v) is 6.29. The molecule has 0 saturated heterocycles. The Kier molecular flexibility index (Phi) is 3.89. The number of hydrogen-bond acceptors (Lipinski definition) is 5. The minimum absolute atomic E-state index is 0.393. The second-order valence-corrected chi connectivity index (χ2v) is 5.29. The summed E-state index contributed by atoms with van der Waals surface area (Å²) in [6.07, 6.45) is 4.02. The molecule has 7 nitrogen and oxygen atoms in total. The monoisotopic (exact) mass is 285 g/mol. The number of rotatable bonds is 2. The third-order valence-electron chi connectivity index (χ3n) is 2.35. The van der Waals surface area contributed by atoms with Crippen LogP contribution in [0.15, 0.2) is 30.7 Å². The summed E-state index contributed by atoms with van der Waals surface area (Å²) < 4.78 is 6.57. The molecule has 2 heterocycles. The van der Waals surface area contributed by atoms with Crippen molar-refractivity contribution in [1.82, 2.24) is 14.8 Å². The van der Waals surface area contributed by atoms with E-state index in [9.17, 15) is 4.79 Å². The Morgan fingerprint density at radius 2 is 2.24 bits per heavy atom. The van der Waals surface area contributed by atoms with Gasteiger partial charge in [-0.15, -0.1) is 0 Å². The van der Waals surface area contributed by atoms with E-state index in [2.05, 4.69) is 15.4 Å². The van der Waals surface area contributed by atoms with Crippen molar-refractivity contribution in [3.05, 3.63) is 36.3 Å². The number of hydrogen-bond donors (Lipinski definition) is 1. The maximum atomic E-state index is 11.7. The highest BCUT2D eigenvalue weighted by Crippen LogP contribution is 2.14. The highest BCUT2D eigenvalue weighted by molar-refractivity contribution is 5.84. The zero-order valence-electron chi connectivity index (χ0n) is 12.0. The van der Waals surface area contributed by atoms with Gasteiger partial charge < -0.3 is 4.74 Å². The molecule has 0 fully saturated rings. The lowest BCUT2D eigenvalue weighted by molar-refractivity contribution is 0.0636. The third kappa shape index (κ3) is 3.79. The number of carbonyl (C=O) groups excluding carboxylic acids is 1. The molecule has 7 heteroatoms. The highest BCUT2D eigenvalue weighted by Gasteiger charge is 2.17. The van der Waals surface area contributed by atoms with Crippen molar-refractivity contribution in [2.24, 2.45) is 0 Å². The van der Waals surface area contributed by atoms with Gasteiger partial charge in [-0.1, -0.05) is 0 Å². The summed E-state index contributed by atoms with van der Waals surface area (Å²) in [5.41, 5.74) is 0.276. The van der Waals surface area contributed by atoms with E-state index in [0.717, 1.165) is 0 Å². The molecule has 0 bridgehead atoms. The predicted molar refractivity (Wildman–Crippen MR) is 75.9 cm³/mol. The summed E-state index contributed by atoms with van der Waals surface area (Å²) in [4.78, 5) is 15.8. The fourth-order valence-corrected chi connectivity index (χ4v) is 1.59. The maximum absolute atomic E-state index is 11.7. The van der Waals surface area contributed by atoms with Crippen LogP contribution in [0, 0.1) is 11.3 Å². The normalized spacial score (nSPS) is 10.8. The van der Waals surface area contributed by atoms with Crippen LogP contribution in [0.2, 0.25) is 0 Å². The van der Waals surface area contributed by atoms with E-state index < -0.39 is 11.7 Å². The van der Waals surface area contributed by atoms with Crippen molar-refractivity contribution in [1.29, 1.82) is 5.26 Å². The molecule has 108 valence electrons. The van der Waals surface area contributed by atoms with Gasteiger partial charge in [0.15, 0.2) is 5.82 Å². The number of nitrogens with one attached hydrogen (secondary N) is 1. The lowest BCUT2D eigenvalue weighted by Crippen LogP contribution is -2.27. The minimum Gasteiger partial charge on any atom is -0.444 e. The number of pyridine rings is 1. The number of carbonyl (C=O) groups is 1. The molecule has 0 aliphatic heterocycles. The number of ether oxygens (including phenoxy) is 1. The van der Waals surface area contributed by atoms with Gasteiger partial charge in [0.25, 0.3) is 0 Å². The smallest absolute Gasteiger partial charge is 0.412 e. The first kappa shape index (κ1) is 14.5. The second-order valence-electron chi connectivity index (χ2n) is 5.29. The quantitative estimate of drug-likeness (QED) is 0.915. The van der Waals surface area contributed by atoms with E-state index in [0.29, 0.717) is 17.1 Å². The fraction of sp³-hybridized carbons (Fsp3) is 0.286. The standard InChI is InChI=1S/C14H15N5O2/c1-14(2,3)21-13(20)18-11-8-17-19(9-11)12-10(7-15)5-4-6-16-12/h4-6,8-9H,1-3H3,(H,18,20). The van der Waals surface area contributed by atoms with Crippen LogP contribution in [0.4, 0.5) is 10.5 Å². The molecule has 0 radical (unpaired) electrons. The Morgan fingerprint density at radius 1 is 1.48 bits per heavy atom. The Labute approximate surface area is 122 Å². The van der Waals surface area contributed by atoms with Crippen LogP contribution in [0.1, 0.15) is 26.3 Å². The van der Waals surface area contributed by atoms with Gasteiger partial charge in [0.05, 0.1) is 23.6 Å². The fourth-order valence-electron chi connectivity index (χ4n) is 1.59. The lowest BCUT2D eigenvalue weighted by Gasteiger charge is -2.19. The van der Waals surface area contributed by atoms with E-state index in [4.69, 9.17) is 10.00 Å². The third-order valence-corrected chi connectivity index (χ3v) is 2.35. The van der Waals surface area contributed by atoms with Crippen molar-refractivity contribution in [2.45, 2.75) is 26.4 Å². The topological polar surface area (TPSA) is 92.8 Å². The van der Waals surface area contributed by atoms with Crippen molar-refractivity contribution in [3.63, 3.8) is 0 Å². The van der Waals surface area contributed by atoms with Crippen LogP contribution in [0.25, 0.3) is 5.82 Å². The molecular formula is C14H15N5O2. The first-order chi connectivity index (χ1) is 9.89. The minimum atomic E-state index is -0.574. The van der Waals surface area contributed by atoms with Gasteiger partial charge in [-0.3, -0.25) is 5.32 Å². The van der Waals surface area contributed by atoms with Crippen molar-refractivity contribution in [3.8, 4) is 11.9 Å². The number of anilines is 1.